The maximum absolute atomic E-state index is 8.69. The molecule has 100 valence electrons. The van der Waals surface area contributed by atoms with Crippen molar-refractivity contribution in [2.24, 2.45) is 10.9 Å². The van der Waals surface area contributed by atoms with Crippen LogP contribution in [-0.4, -0.2) is 16.0 Å². The maximum atomic E-state index is 8.69. The third-order valence-corrected chi connectivity index (χ3v) is 3.44. The number of benzene rings is 1. The largest absolute Gasteiger partial charge is 0.486 e. The van der Waals surface area contributed by atoms with Crippen LogP contribution in [0.4, 0.5) is 0 Å². The molecule has 2 aromatic rings. The lowest BCUT2D eigenvalue weighted by Gasteiger charge is -2.12. The Hall–Kier alpha value is -2.08. The minimum Gasteiger partial charge on any atom is -0.486 e. The molecule has 1 heterocycles. The van der Waals surface area contributed by atoms with Gasteiger partial charge < -0.3 is 15.7 Å². The zero-order valence-electron chi connectivity index (χ0n) is 10.8. The Balaban J connectivity index is 2.22. The summed E-state index contributed by atoms with van der Waals surface area (Å²) in [5, 5.41) is 14.5. The van der Waals surface area contributed by atoms with E-state index in [0.717, 1.165) is 21.9 Å². The number of rotatable bonds is 4. The predicted octanol–water partition coefficient (Wildman–Crippen LogP) is 2.43. The summed E-state index contributed by atoms with van der Waals surface area (Å²) in [5.41, 5.74) is 8.15. The van der Waals surface area contributed by atoms with E-state index < -0.39 is 0 Å². The van der Waals surface area contributed by atoms with Crippen LogP contribution >= 0.6 is 11.3 Å². The molecular weight excluding hydrogens is 262 g/mol. The monoisotopic (exact) mass is 277 g/mol. The first-order valence-corrected chi connectivity index (χ1v) is 6.60. The Labute approximate surface area is 115 Å². The number of aryl methyl sites for hydroxylation is 2. The Kier molecular flexibility index (Phi) is 4.01. The van der Waals surface area contributed by atoms with Gasteiger partial charge in [-0.15, -0.1) is 11.3 Å². The molecule has 0 spiro atoms. The SMILES string of the molecule is Cc1cc(C(N)=NO)cc(C)c1OCc1nccs1. The van der Waals surface area contributed by atoms with Crippen molar-refractivity contribution in [2.75, 3.05) is 0 Å². The zero-order chi connectivity index (χ0) is 13.8. The lowest BCUT2D eigenvalue weighted by molar-refractivity contribution is 0.301. The van der Waals surface area contributed by atoms with Crippen LogP contribution in [0.5, 0.6) is 5.75 Å². The summed E-state index contributed by atoms with van der Waals surface area (Å²) in [4.78, 5) is 4.17. The van der Waals surface area contributed by atoms with Gasteiger partial charge in [0.1, 0.15) is 17.4 Å². The predicted molar refractivity (Wildman–Crippen MR) is 74.9 cm³/mol. The van der Waals surface area contributed by atoms with E-state index in [1.165, 1.54) is 0 Å². The van der Waals surface area contributed by atoms with Crippen molar-refractivity contribution in [3.05, 3.63) is 45.4 Å². The lowest BCUT2D eigenvalue weighted by atomic mass is 10.1. The molecule has 0 radical (unpaired) electrons. The van der Waals surface area contributed by atoms with Gasteiger partial charge in [-0.1, -0.05) is 5.16 Å². The number of thiazole rings is 1. The van der Waals surface area contributed by atoms with E-state index in [0.29, 0.717) is 12.2 Å². The van der Waals surface area contributed by atoms with Crippen molar-refractivity contribution in [3.8, 4) is 5.75 Å². The topological polar surface area (TPSA) is 80.7 Å². The smallest absolute Gasteiger partial charge is 0.170 e. The van der Waals surface area contributed by atoms with E-state index >= 15 is 0 Å². The van der Waals surface area contributed by atoms with E-state index in [1.54, 1.807) is 17.5 Å². The number of aromatic nitrogens is 1. The normalized spacial score (nSPS) is 11.6. The molecule has 0 atom stereocenters. The molecule has 2 rings (SSSR count). The molecule has 1 aromatic heterocycles. The fourth-order valence-electron chi connectivity index (χ4n) is 1.84. The number of nitrogens with zero attached hydrogens (tertiary/aromatic N) is 2. The van der Waals surface area contributed by atoms with Gasteiger partial charge in [-0.05, 0) is 37.1 Å². The number of hydrogen-bond acceptors (Lipinski definition) is 5. The van der Waals surface area contributed by atoms with Gasteiger partial charge in [0, 0.05) is 17.1 Å². The van der Waals surface area contributed by atoms with Gasteiger partial charge in [0.05, 0.1) is 0 Å². The fraction of sp³-hybridized carbons (Fsp3) is 0.231. The number of hydrogen-bond donors (Lipinski definition) is 2. The van der Waals surface area contributed by atoms with Gasteiger partial charge in [0.15, 0.2) is 5.84 Å². The second-order valence-electron chi connectivity index (χ2n) is 4.14. The molecule has 19 heavy (non-hydrogen) atoms. The molecule has 0 bridgehead atoms. The van der Waals surface area contributed by atoms with Crippen LogP contribution in [0.15, 0.2) is 28.9 Å². The van der Waals surface area contributed by atoms with Crippen LogP contribution < -0.4 is 10.5 Å². The van der Waals surface area contributed by atoms with Gasteiger partial charge in [0.2, 0.25) is 0 Å². The lowest BCUT2D eigenvalue weighted by Crippen LogP contribution is -2.14. The van der Waals surface area contributed by atoms with Crippen LogP contribution in [0.1, 0.15) is 21.7 Å². The molecule has 0 amide bonds. The van der Waals surface area contributed by atoms with E-state index in [9.17, 15) is 0 Å². The molecule has 0 unspecified atom stereocenters. The van der Waals surface area contributed by atoms with E-state index in [4.69, 9.17) is 15.7 Å². The third-order valence-electron chi connectivity index (χ3n) is 2.69. The number of ether oxygens (including phenoxy) is 1. The van der Waals surface area contributed by atoms with Crippen molar-refractivity contribution in [3.63, 3.8) is 0 Å². The highest BCUT2D eigenvalue weighted by Gasteiger charge is 2.09. The Morgan fingerprint density at radius 2 is 2.11 bits per heavy atom. The molecule has 0 saturated heterocycles. The minimum atomic E-state index is 0.0951. The van der Waals surface area contributed by atoms with Crippen LogP contribution in [0.3, 0.4) is 0 Å². The maximum Gasteiger partial charge on any atom is 0.170 e. The summed E-state index contributed by atoms with van der Waals surface area (Å²) >= 11 is 1.56. The number of nitrogens with two attached hydrogens (primary N) is 1. The molecule has 1 aromatic carbocycles. The van der Waals surface area contributed by atoms with Crippen LogP contribution in [-0.2, 0) is 6.61 Å². The van der Waals surface area contributed by atoms with Crippen molar-refractivity contribution >= 4 is 17.2 Å². The third kappa shape index (κ3) is 3.03. The second kappa shape index (κ2) is 5.71. The van der Waals surface area contributed by atoms with Crippen molar-refractivity contribution in [1.82, 2.24) is 4.98 Å². The summed E-state index contributed by atoms with van der Waals surface area (Å²) < 4.78 is 5.79. The first-order chi connectivity index (χ1) is 9.11. The summed E-state index contributed by atoms with van der Waals surface area (Å²) in [7, 11) is 0. The molecule has 3 N–H and O–H groups in total. The van der Waals surface area contributed by atoms with Crippen LogP contribution in [0.25, 0.3) is 0 Å². The van der Waals surface area contributed by atoms with Gasteiger partial charge in [-0.25, -0.2) is 4.98 Å². The number of amidine groups is 1. The van der Waals surface area contributed by atoms with E-state index in [1.807, 2.05) is 31.4 Å². The van der Waals surface area contributed by atoms with Crippen molar-refractivity contribution in [1.29, 1.82) is 0 Å². The standard InChI is InChI=1S/C13H15N3O2S/c1-8-5-10(13(14)16-17)6-9(2)12(8)18-7-11-15-3-4-19-11/h3-6,17H,7H2,1-2H3,(H2,14,16). The Morgan fingerprint density at radius 3 is 2.63 bits per heavy atom. The summed E-state index contributed by atoms with van der Waals surface area (Å²) in [6.07, 6.45) is 1.75. The molecule has 0 fully saturated rings. The highest BCUT2D eigenvalue weighted by Crippen LogP contribution is 2.26. The first-order valence-electron chi connectivity index (χ1n) is 5.72. The van der Waals surface area contributed by atoms with Gasteiger partial charge in [0.25, 0.3) is 0 Å². The van der Waals surface area contributed by atoms with Crippen molar-refractivity contribution < 1.29 is 9.94 Å². The van der Waals surface area contributed by atoms with E-state index in [-0.39, 0.29) is 5.84 Å². The highest BCUT2D eigenvalue weighted by molar-refractivity contribution is 7.09. The quantitative estimate of drug-likeness (QED) is 0.389. The number of oxime groups is 1. The Bertz CT molecular complexity index is 571. The van der Waals surface area contributed by atoms with Crippen LogP contribution in [0, 0.1) is 13.8 Å². The van der Waals surface area contributed by atoms with Gasteiger partial charge in [-0.3, -0.25) is 0 Å². The molecule has 5 nitrogen and oxygen atoms in total. The van der Waals surface area contributed by atoms with Crippen molar-refractivity contribution in [2.45, 2.75) is 20.5 Å². The molecule has 0 saturated carbocycles. The summed E-state index contributed by atoms with van der Waals surface area (Å²) in [6.45, 7) is 4.30. The fourth-order valence-corrected chi connectivity index (χ4v) is 2.37. The molecule has 6 heteroatoms. The highest BCUT2D eigenvalue weighted by atomic mass is 32.1. The summed E-state index contributed by atoms with van der Waals surface area (Å²) in [6, 6.07) is 3.67. The average Bonchev–Trinajstić information content (AvgIpc) is 2.89. The van der Waals surface area contributed by atoms with Crippen LogP contribution in [0.2, 0.25) is 0 Å². The van der Waals surface area contributed by atoms with E-state index in [2.05, 4.69) is 10.1 Å². The first kappa shape index (κ1) is 13.4. The molecule has 0 aliphatic heterocycles. The second-order valence-corrected chi connectivity index (χ2v) is 5.12. The molecule has 0 aliphatic carbocycles. The Morgan fingerprint density at radius 1 is 1.42 bits per heavy atom. The molecule has 0 aliphatic rings. The van der Waals surface area contributed by atoms with Gasteiger partial charge >= 0.3 is 0 Å². The average molecular weight is 277 g/mol. The minimum absolute atomic E-state index is 0.0951. The summed E-state index contributed by atoms with van der Waals surface area (Å²) in [5.74, 6) is 0.905. The molecular formula is C13H15N3O2S. The zero-order valence-corrected chi connectivity index (χ0v) is 11.6. The van der Waals surface area contributed by atoms with Gasteiger partial charge in [-0.2, -0.15) is 0 Å².